The highest BCUT2D eigenvalue weighted by Gasteiger charge is 2.42. The normalized spacial score (nSPS) is 24.5. The van der Waals surface area contributed by atoms with Crippen LogP contribution in [-0.2, 0) is 4.74 Å². The van der Waals surface area contributed by atoms with Gasteiger partial charge in [0.25, 0.3) is 5.69 Å². The van der Waals surface area contributed by atoms with Crippen LogP contribution in [0.5, 0.6) is 5.75 Å². The Bertz CT molecular complexity index is 518. The van der Waals surface area contributed by atoms with Crippen LogP contribution in [0.4, 0.5) is 5.69 Å². The van der Waals surface area contributed by atoms with E-state index >= 15 is 0 Å². The lowest BCUT2D eigenvalue weighted by Gasteiger charge is -2.42. The summed E-state index contributed by atoms with van der Waals surface area (Å²) in [5.41, 5.74) is 5.71. The number of nitro groups is 1. The number of hydrogen-bond acceptors (Lipinski definition) is 5. The Morgan fingerprint density at radius 3 is 2.52 bits per heavy atom. The van der Waals surface area contributed by atoms with Gasteiger partial charge in [0.15, 0.2) is 5.75 Å². The molecule has 1 saturated carbocycles. The third-order valence-corrected chi connectivity index (χ3v) is 3.83. The molecule has 0 aromatic heterocycles. The lowest BCUT2D eigenvalue weighted by Crippen LogP contribution is -2.59. The summed E-state index contributed by atoms with van der Waals surface area (Å²) in [7, 11) is 0. The monoisotopic (exact) mass is 334 g/mol. The fourth-order valence-electron chi connectivity index (χ4n) is 2.13. The maximum Gasteiger partial charge on any atom is 0.272 e. The van der Waals surface area contributed by atoms with Crippen molar-refractivity contribution in [3.63, 3.8) is 0 Å². The molecule has 0 aliphatic heterocycles. The standard InChI is InChI=1S/C13H16Cl2N2O4/c1-2-3-20-13-10(16)6-11(13)21-12-8(14)4-7(17(18)19)5-9(12)15/h4-5,10-11,13H,2-3,6,16H2,1H3. The van der Waals surface area contributed by atoms with E-state index in [9.17, 15) is 10.1 Å². The first kappa shape index (κ1) is 16.3. The number of halogens is 2. The Morgan fingerprint density at radius 2 is 2.05 bits per heavy atom. The molecule has 2 N–H and O–H groups in total. The van der Waals surface area contributed by atoms with E-state index in [1.807, 2.05) is 6.92 Å². The molecule has 2 rings (SSSR count). The first-order valence-electron chi connectivity index (χ1n) is 6.61. The molecule has 8 heteroatoms. The maximum atomic E-state index is 10.7. The first-order valence-corrected chi connectivity index (χ1v) is 7.37. The molecule has 0 radical (unpaired) electrons. The number of nitro benzene ring substituents is 1. The van der Waals surface area contributed by atoms with E-state index in [2.05, 4.69) is 0 Å². The van der Waals surface area contributed by atoms with Crippen LogP contribution < -0.4 is 10.5 Å². The SMILES string of the molecule is CCCOC1C(N)CC1Oc1c(Cl)cc([N+](=O)[O-])cc1Cl. The van der Waals surface area contributed by atoms with Gasteiger partial charge in [-0.1, -0.05) is 30.1 Å². The number of nitrogens with two attached hydrogens (primary N) is 1. The predicted octanol–water partition coefficient (Wildman–Crippen LogP) is 3.18. The summed E-state index contributed by atoms with van der Waals surface area (Å²) in [5, 5.41) is 10.9. The molecular formula is C13H16Cl2N2O4. The molecule has 0 heterocycles. The number of hydrogen-bond donors (Lipinski definition) is 1. The zero-order chi connectivity index (χ0) is 15.6. The van der Waals surface area contributed by atoms with E-state index in [1.165, 1.54) is 12.1 Å². The molecule has 3 unspecified atom stereocenters. The minimum atomic E-state index is -0.562. The second kappa shape index (κ2) is 6.79. The van der Waals surface area contributed by atoms with Crippen molar-refractivity contribution in [2.45, 2.75) is 38.0 Å². The molecule has 1 aromatic rings. The molecule has 6 nitrogen and oxygen atoms in total. The summed E-state index contributed by atoms with van der Waals surface area (Å²) in [6.07, 6.45) is 1.04. The zero-order valence-corrected chi connectivity index (χ0v) is 12.9. The predicted molar refractivity (Wildman–Crippen MR) is 80.2 cm³/mol. The van der Waals surface area contributed by atoms with E-state index in [0.29, 0.717) is 13.0 Å². The summed E-state index contributed by atoms with van der Waals surface area (Å²) in [6, 6.07) is 2.34. The van der Waals surface area contributed by atoms with Gasteiger partial charge in [-0.25, -0.2) is 0 Å². The van der Waals surface area contributed by atoms with Gasteiger partial charge in [0.05, 0.1) is 15.0 Å². The van der Waals surface area contributed by atoms with Crippen molar-refractivity contribution in [3.8, 4) is 5.75 Å². The van der Waals surface area contributed by atoms with Crippen molar-refractivity contribution in [1.29, 1.82) is 0 Å². The van der Waals surface area contributed by atoms with Gasteiger partial charge in [0.2, 0.25) is 0 Å². The van der Waals surface area contributed by atoms with Crippen molar-refractivity contribution in [1.82, 2.24) is 0 Å². The lowest BCUT2D eigenvalue weighted by molar-refractivity contribution is -0.384. The van der Waals surface area contributed by atoms with Crippen molar-refractivity contribution >= 4 is 28.9 Å². The van der Waals surface area contributed by atoms with Crippen molar-refractivity contribution < 1.29 is 14.4 Å². The average molecular weight is 335 g/mol. The highest BCUT2D eigenvalue weighted by atomic mass is 35.5. The van der Waals surface area contributed by atoms with E-state index in [-0.39, 0.29) is 39.7 Å². The zero-order valence-electron chi connectivity index (χ0n) is 11.4. The van der Waals surface area contributed by atoms with E-state index < -0.39 is 4.92 Å². The van der Waals surface area contributed by atoms with Crippen molar-refractivity contribution in [2.75, 3.05) is 6.61 Å². The molecule has 0 bridgehead atoms. The molecule has 1 aromatic carbocycles. The van der Waals surface area contributed by atoms with E-state index in [0.717, 1.165) is 6.42 Å². The van der Waals surface area contributed by atoms with Gasteiger partial charge in [-0.2, -0.15) is 0 Å². The van der Waals surface area contributed by atoms with Crippen LogP contribution >= 0.6 is 23.2 Å². The number of non-ortho nitro benzene ring substituents is 1. The largest absolute Gasteiger partial charge is 0.484 e. The lowest BCUT2D eigenvalue weighted by atomic mass is 9.86. The van der Waals surface area contributed by atoms with Crippen molar-refractivity contribution in [2.24, 2.45) is 5.73 Å². The second-order valence-electron chi connectivity index (χ2n) is 4.89. The second-order valence-corrected chi connectivity index (χ2v) is 5.70. The van der Waals surface area contributed by atoms with Crippen LogP contribution in [-0.4, -0.2) is 29.8 Å². The smallest absolute Gasteiger partial charge is 0.272 e. The Morgan fingerprint density at radius 1 is 1.43 bits per heavy atom. The van der Waals surface area contributed by atoms with Crippen LogP contribution in [0.1, 0.15) is 19.8 Å². The molecule has 0 amide bonds. The minimum Gasteiger partial charge on any atom is -0.484 e. The van der Waals surface area contributed by atoms with Gasteiger partial charge < -0.3 is 15.2 Å². The number of nitrogens with zero attached hydrogens (tertiary/aromatic N) is 1. The molecule has 116 valence electrons. The number of rotatable bonds is 6. The molecule has 0 saturated heterocycles. The van der Waals surface area contributed by atoms with Gasteiger partial charge in [-0.05, 0) is 6.42 Å². The minimum absolute atomic E-state index is 0.0860. The Hall–Kier alpha value is -1.08. The van der Waals surface area contributed by atoms with Gasteiger partial charge in [-0.15, -0.1) is 0 Å². The number of ether oxygens (including phenoxy) is 2. The Labute approximate surface area is 132 Å². The van der Waals surface area contributed by atoms with Crippen LogP contribution in [0.25, 0.3) is 0 Å². The highest BCUT2D eigenvalue weighted by molar-refractivity contribution is 6.37. The third-order valence-electron chi connectivity index (χ3n) is 3.27. The summed E-state index contributed by atoms with van der Waals surface area (Å²) in [6.45, 7) is 2.60. The molecule has 0 spiro atoms. The summed E-state index contributed by atoms with van der Waals surface area (Å²) < 4.78 is 11.4. The Balaban J connectivity index is 2.11. The van der Waals surface area contributed by atoms with Crippen LogP contribution in [0.3, 0.4) is 0 Å². The molecule has 21 heavy (non-hydrogen) atoms. The third kappa shape index (κ3) is 3.58. The van der Waals surface area contributed by atoms with Gasteiger partial charge in [-0.3, -0.25) is 10.1 Å². The Kier molecular flexibility index (Phi) is 5.27. The molecule has 3 atom stereocenters. The molecule has 1 fully saturated rings. The first-order chi connectivity index (χ1) is 9.93. The van der Waals surface area contributed by atoms with Crippen LogP contribution in [0, 0.1) is 10.1 Å². The fraction of sp³-hybridized carbons (Fsp3) is 0.538. The van der Waals surface area contributed by atoms with Gasteiger partial charge >= 0.3 is 0 Å². The highest BCUT2D eigenvalue weighted by Crippen LogP contribution is 2.39. The molecular weight excluding hydrogens is 319 g/mol. The fourth-order valence-corrected chi connectivity index (χ4v) is 2.70. The van der Waals surface area contributed by atoms with Crippen molar-refractivity contribution in [3.05, 3.63) is 32.3 Å². The van der Waals surface area contributed by atoms with Gasteiger partial charge in [0.1, 0.15) is 12.2 Å². The van der Waals surface area contributed by atoms with Crippen LogP contribution in [0.15, 0.2) is 12.1 Å². The molecule has 1 aliphatic carbocycles. The number of benzene rings is 1. The maximum absolute atomic E-state index is 10.7. The molecule has 1 aliphatic rings. The van der Waals surface area contributed by atoms with E-state index in [1.54, 1.807) is 0 Å². The van der Waals surface area contributed by atoms with Gasteiger partial charge in [0, 0.05) is 31.2 Å². The topological polar surface area (TPSA) is 87.6 Å². The van der Waals surface area contributed by atoms with E-state index in [4.69, 9.17) is 38.4 Å². The average Bonchev–Trinajstić information content (AvgIpc) is 2.41. The summed E-state index contributed by atoms with van der Waals surface area (Å²) in [4.78, 5) is 10.2. The summed E-state index contributed by atoms with van der Waals surface area (Å²) >= 11 is 12.0. The summed E-state index contributed by atoms with van der Waals surface area (Å²) in [5.74, 6) is 0.228. The quantitative estimate of drug-likeness (QED) is 0.637. The van der Waals surface area contributed by atoms with Crippen LogP contribution in [0.2, 0.25) is 10.0 Å².